The number of rotatable bonds is 7. The van der Waals surface area contributed by atoms with Crippen molar-refractivity contribution in [1.29, 1.82) is 0 Å². The fraction of sp³-hybridized carbons (Fsp3) is 0.250. The lowest BCUT2D eigenvalue weighted by Crippen LogP contribution is -2.12. The maximum Gasteiger partial charge on any atom is 0.249 e. The van der Waals surface area contributed by atoms with Gasteiger partial charge in [-0.1, -0.05) is 18.7 Å². The van der Waals surface area contributed by atoms with Gasteiger partial charge in [0.05, 0.1) is 19.1 Å². The highest BCUT2D eigenvalue weighted by molar-refractivity contribution is 5.89. The van der Waals surface area contributed by atoms with Gasteiger partial charge in [-0.2, -0.15) is 4.98 Å². The molecule has 0 fully saturated rings. The van der Waals surface area contributed by atoms with E-state index in [1.54, 1.807) is 7.11 Å². The summed E-state index contributed by atoms with van der Waals surface area (Å²) in [5.74, 6) is 1.62. The molecule has 2 aromatic heterocycles. The highest BCUT2D eigenvalue weighted by Gasteiger charge is 2.15. The van der Waals surface area contributed by atoms with Crippen LogP contribution in [0.5, 0.6) is 5.75 Å². The van der Waals surface area contributed by atoms with E-state index in [1.165, 1.54) is 6.07 Å². The van der Waals surface area contributed by atoms with E-state index in [0.717, 1.165) is 22.3 Å². The topological polar surface area (TPSA) is 89.1 Å². The Balaban J connectivity index is 1.97. The van der Waals surface area contributed by atoms with Gasteiger partial charge in [-0.3, -0.25) is 4.79 Å². The van der Waals surface area contributed by atoms with Crippen molar-refractivity contribution in [2.24, 2.45) is 0 Å². The van der Waals surface area contributed by atoms with Gasteiger partial charge in [0, 0.05) is 12.6 Å². The average Bonchev–Trinajstić information content (AvgIpc) is 2.66. The summed E-state index contributed by atoms with van der Waals surface area (Å²) >= 11 is 0. The van der Waals surface area contributed by atoms with Crippen molar-refractivity contribution in [2.45, 2.75) is 20.4 Å². The van der Waals surface area contributed by atoms with Crippen LogP contribution in [0.25, 0.3) is 16.8 Å². The van der Waals surface area contributed by atoms with Crippen LogP contribution in [0, 0.1) is 6.92 Å². The Labute approximate surface area is 157 Å². The molecule has 0 aliphatic heterocycles. The number of pyridine rings is 1. The first-order valence-corrected chi connectivity index (χ1v) is 8.62. The summed E-state index contributed by atoms with van der Waals surface area (Å²) in [6.45, 7) is 8.68. The van der Waals surface area contributed by atoms with Crippen LogP contribution in [0.2, 0.25) is 0 Å². The van der Waals surface area contributed by atoms with Gasteiger partial charge in [-0.25, -0.2) is 4.98 Å². The molecule has 1 aromatic carbocycles. The van der Waals surface area contributed by atoms with E-state index in [4.69, 9.17) is 9.47 Å². The molecule has 0 bridgehead atoms. The maximum absolute atomic E-state index is 11.9. The van der Waals surface area contributed by atoms with Crippen LogP contribution in [0.4, 0.5) is 5.95 Å². The minimum Gasteiger partial charge on any atom is -0.497 e. The van der Waals surface area contributed by atoms with Gasteiger partial charge >= 0.3 is 0 Å². The predicted molar refractivity (Wildman–Crippen MR) is 106 cm³/mol. The minimum atomic E-state index is -0.215. The third kappa shape index (κ3) is 4.08. The highest BCUT2D eigenvalue weighted by Crippen LogP contribution is 2.25. The Morgan fingerprint density at radius 3 is 2.67 bits per heavy atom. The molecule has 0 saturated carbocycles. The van der Waals surface area contributed by atoms with E-state index in [9.17, 15) is 4.79 Å². The molecule has 0 aliphatic carbocycles. The van der Waals surface area contributed by atoms with Gasteiger partial charge in [0.25, 0.3) is 0 Å². The molecule has 3 rings (SSSR count). The number of hydrogen-bond donors (Lipinski definition) is 2. The van der Waals surface area contributed by atoms with E-state index in [1.807, 2.05) is 38.1 Å². The Kier molecular flexibility index (Phi) is 5.40. The zero-order chi connectivity index (χ0) is 19.4. The molecule has 0 spiro atoms. The molecule has 2 N–H and O–H groups in total. The van der Waals surface area contributed by atoms with E-state index < -0.39 is 0 Å². The summed E-state index contributed by atoms with van der Waals surface area (Å²) in [6.07, 6.45) is 0. The standard InChI is InChI=1S/C20H22N4O3/c1-5-27-13(3)18-17-12(2)10-16(25)22-19(17)24-20(23-18)21-11-14-6-8-15(26-4)9-7-14/h6-10H,3,5,11H2,1-2,4H3,(H2,21,22,23,24,25). The molecule has 0 amide bonds. The molecule has 7 nitrogen and oxygen atoms in total. The summed E-state index contributed by atoms with van der Waals surface area (Å²) < 4.78 is 10.7. The van der Waals surface area contributed by atoms with Crippen LogP contribution < -0.4 is 15.6 Å². The van der Waals surface area contributed by atoms with Crippen molar-refractivity contribution in [3.63, 3.8) is 0 Å². The number of benzene rings is 1. The first-order valence-electron chi connectivity index (χ1n) is 8.62. The lowest BCUT2D eigenvalue weighted by atomic mass is 10.1. The fourth-order valence-corrected chi connectivity index (χ4v) is 2.79. The molecule has 2 heterocycles. The summed E-state index contributed by atoms with van der Waals surface area (Å²) in [4.78, 5) is 23.6. The number of nitrogens with one attached hydrogen (secondary N) is 2. The summed E-state index contributed by atoms with van der Waals surface area (Å²) in [5.41, 5.74) is 2.61. The molecule has 0 radical (unpaired) electrons. The first-order chi connectivity index (χ1) is 13.0. The number of aryl methyl sites for hydroxylation is 1. The molecule has 27 heavy (non-hydrogen) atoms. The van der Waals surface area contributed by atoms with Crippen LogP contribution in [0.3, 0.4) is 0 Å². The van der Waals surface area contributed by atoms with Crippen molar-refractivity contribution in [1.82, 2.24) is 15.0 Å². The monoisotopic (exact) mass is 366 g/mol. The Hall–Kier alpha value is -3.35. The van der Waals surface area contributed by atoms with Gasteiger partial charge in [0.2, 0.25) is 11.5 Å². The zero-order valence-corrected chi connectivity index (χ0v) is 15.6. The van der Waals surface area contributed by atoms with Crippen molar-refractivity contribution in [3.8, 4) is 5.75 Å². The predicted octanol–water partition coefficient (Wildman–Crippen LogP) is 3.25. The average molecular weight is 366 g/mol. The number of ether oxygens (including phenoxy) is 2. The van der Waals surface area contributed by atoms with Crippen molar-refractivity contribution >= 4 is 22.7 Å². The van der Waals surface area contributed by atoms with Crippen molar-refractivity contribution in [2.75, 3.05) is 19.0 Å². The molecular weight excluding hydrogens is 344 g/mol. The van der Waals surface area contributed by atoms with Crippen LogP contribution >= 0.6 is 0 Å². The van der Waals surface area contributed by atoms with Gasteiger partial charge in [-0.15, -0.1) is 0 Å². The SMILES string of the molecule is C=C(OCC)c1nc(NCc2ccc(OC)cc2)nc2[nH]c(=O)cc(C)c12. The second-order valence-corrected chi connectivity index (χ2v) is 5.99. The number of fused-ring (bicyclic) bond motifs is 1. The summed E-state index contributed by atoms with van der Waals surface area (Å²) in [7, 11) is 1.63. The van der Waals surface area contributed by atoms with Crippen LogP contribution in [-0.2, 0) is 11.3 Å². The molecule has 0 saturated heterocycles. The van der Waals surface area contributed by atoms with Crippen molar-refractivity contribution in [3.05, 3.63) is 64.1 Å². The van der Waals surface area contributed by atoms with Crippen LogP contribution in [0.15, 0.2) is 41.7 Å². The van der Waals surface area contributed by atoms with Gasteiger partial charge in [0.15, 0.2) is 0 Å². The largest absolute Gasteiger partial charge is 0.497 e. The molecule has 7 heteroatoms. The number of H-pyrrole nitrogens is 1. The third-order valence-electron chi connectivity index (χ3n) is 4.08. The zero-order valence-electron chi connectivity index (χ0n) is 15.6. The van der Waals surface area contributed by atoms with E-state index in [2.05, 4.69) is 26.8 Å². The Bertz CT molecular complexity index is 1030. The number of nitrogens with zero attached hydrogens (tertiary/aromatic N) is 2. The van der Waals surface area contributed by atoms with Gasteiger partial charge in [-0.05, 0) is 37.1 Å². The lowest BCUT2D eigenvalue weighted by Gasteiger charge is -2.13. The molecule has 0 atom stereocenters. The van der Waals surface area contributed by atoms with E-state index in [-0.39, 0.29) is 5.56 Å². The number of hydrogen-bond acceptors (Lipinski definition) is 6. The van der Waals surface area contributed by atoms with Crippen LogP contribution in [-0.4, -0.2) is 28.7 Å². The lowest BCUT2D eigenvalue weighted by molar-refractivity contribution is 0.298. The normalized spacial score (nSPS) is 10.6. The molecule has 0 unspecified atom stereocenters. The third-order valence-corrected chi connectivity index (χ3v) is 4.08. The maximum atomic E-state index is 11.9. The number of methoxy groups -OCH3 is 1. The second kappa shape index (κ2) is 7.90. The first kappa shape index (κ1) is 18.4. The Morgan fingerprint density at radius 1 is 1.26 bits per heavy atom. The van der Waals surface area contributed by atoms with E-state index in [0.29, 0.717) is 36.2 Å². The smallest absolute Gasteiger partial charge is 0.249 e. The number of aromatic nitrogens is 3. The Morgan fingerprint density at radius 2 is 2.00 bits per heavy atom. The summed E-state index contributed by atoms with van der Waals surface area (Å²) in [6, 6.07) is 9.21. The molecule has 140 valence electrons. The van der Waals surface area contributed by atoms with Crippen molar-refractivity contribution < 1.29 is 9.47 Å². The van der Waals surface area contributed by atoms with E-state index >= 15 is 0 Å². The van der Waals surface area contributed by atoms with Crippen LogP contribution in [0.1, 0.15) is 23.7 Å². The fourth-order valence-electron chi connectivity index (χ4n) is 2.79. The highest BCUT2D eigenvalue weighted by atomic mass is 16.5. The second-order valence-electron chi connectivity index (χ2n) is 5.99. The minimum absolute atomic E-state index is 0.215. The molecule has 3 aromatic rings. The summed E-state index contributed by atoms with van der Waals surface area (Å²) in [5, 5.41) is 3.91. The quantitative estimate of drug-likeness (QED) is 0.624. The molecular formula is C20H22N4O3. The number of anilines is 1. The molecule has 0 aliphatic rings. The number of aromatic amines is 1. The van der Waals surface area contributed by atoms with Gasteiger partial charge < -0.3 is 19.8 Å². The van der Waals surface area contributed by atoms with Gasteiger partial charge in [0.1, 0.15) is 22.8 Å².